The lowest BCUT2D eigenvalue weighted by Crippen LogP contribution is -2.43. The zero-order chi connectivity index (χ0) is 15.6. The molecule has 2 aromatic rings. The van der Waals surface area contributed by atoms with Crippen LogP contribution >= 0.6 is 0 Å². The summed E-state index contributed by atoms with van der Waals surface area (Å²) in [7, 11) is 0. The molecule has 0 spiro atoms. The van der Waals surface area contributed by atoms with Crippen molar-refractivity contribution < 1.29 is 13.2 Å². The van der Waals surface area contributed by atoms with E-state index in [1.54, 1.807) is 12.3 Å². The molecule has 1 N–H and O–H groups in total. The molecule has 0 bridgehead atoms. The smallest absolute Gasteiger partial charge is 0.314 e. The van der Waals surface area contributed by atoms with Crippen molar-refractivity contribution in [3.05, 3.63) is 41.7 Å². The Kier molecular flexibility index (Phi) is 4.12. The fraction of sp³-hybridized carbons (Fsp3) is 0.429. The number of hydrogen-bond acceptors (Lipinski definition) is 4. The third kappa shape index (κ3) is 3.28. The Morgan fingerprint density at radius 2 is 1.95 bits per heavy atom. The maximum absolute atomic E-state index is 12.8. The van der Waals surface area contributed by atoms with Gasteiger partial charge in [-0.2, -0.15) is 13.2 Å². The van der Waals surface area contributed by atoms with Gasteiger partial charge < -0.3 is 5.32 Å². The van der Waals surface area contributed by atoms with E-state index in [1.807, 2.05) is 0 Å². The summed E-state index contributed by atoms with van der Waals surface area (Å²) < 4.78 is 39.9. The summed E-state index contributed by atoms with van der Waals surface area (Å²) in [5.41, 5.74) is 0.465. The maximum atomic E-state index is 12.8. The number of alkyl halides is 3. The van der Waals surface area contributed by atoms with Gasteiger partial charge in [-0.25, -0.2) is 4.68 Å². The molecule has 1 saturated heterocycles. The van der Waals surface area contributed by atoms with Gasteiger partial charge in [-0.15, -0.1) is 5.10 Å². The van der Waals surface area contributed by atoms with Gasteiger partial charge in [-0.05, 0) is 18.2 Å². The number of halogens is 3. The molecule has 0 saturated carbocycles. The zero-order valence-electron chi connectivity index (χ0n) is 11.8. The number of nitrogens with zero attached hydrogens (tertiary/aromatic N) is 4. The molecule has 1 aromatic heterocycles. The lowest BCUT2D eigenvalue weighted by atomic mass is 10.2. The van der Waals surface area contributed by atoms with Gasteiger partial charge in [0.25, 0.3) is 0 Å². The molecule has 22 heavy (non-hydrogen) atoms. The Balaban J connectivity index is 1.85. The minimum absolute atomic E-state index is 0.373. The average Bonchev–Trinajstić information content (AvgIpc) is 2.96. The molecule has 0 amide bonds. The largest absolute Gasteiger partial charge is 0.416 e. The normalized spacial score (nSPS) is 16.9. The molecule has 0 aliphatic carbocycles. The van der Waals surface area contributed by atoms with Crippen LogP contribution in [0.3, 0.4) is 0 Å². The first kappa shape index (κ1) is 15.0. The molecule has 2 heterocycles. The molecule has 8 heteroatoms. The van der Waals surface area contributed by atoms with E-state index < -0.39 is 11.7 Å². The van der Waals surface area contributed by atoms with Gasteiger partial charge in [0.2, 0.25) is 0 Å². The van der Waals surface area contributed by atoms with Gasteiger partial charge in [0.1, 0.15) is 0 Å². The Morgan fingerprint density at radius 1 is 1.18 bits per heavy atom. The third-order valence-corrected chi connectivity index (χ3v) is 3.63. The lowest BCUT2D eigenvalue weighted by Gasteiger charge is -2.27. The summed E-state index contributed by atoms with van der Waals surface area (Å²) >= 11 is 0. The van der Waals surface area contributed by atoms with Crippen molar-refractivity contribution in [2.45, 2.75) is 12.7 Å². The molecular weight excluding hydrogens is 295 g/mol. The highest BCUT2D eigenvalue weighted by Crippen LogP contribution is 2.30. The van der Waals surface area contributed by atoms with E-state index in [2.05, 4.69) is 20.5 Å². The molecule has 0 unspecified atom stereocenters. The van der Waals surface area contributed by atoms with E-state index in [4.69, 9.17) is 0 Å². The Bertz CT molecular complexity index is 631. The van der Waals surface area contributed by atoms with Gasteiger partial charge in [-0.3, -0.25) is 4.90 Å². The second-order valence-electron chi connectivity index (χ2n) is 5.21. The van der Waals surface area contributed by atoms with Crippen LogP contribution in [0.5, 0.6) is 0 Å². The molecule has 3 rings (SSSR count). The SMILES string of the molecule is FC(F)(F)c1cccc(-n2nncc2CN2CCNCC2)c1. The number of nitrogens with one attached hydrogen (secondary N) is 1. The van der Waals surface area contributed by atoms with E-state index in [-0.39, 0.29) is 0 Å². The minimum Gasteiger partial charge on any atom is -0.314 e. The van der Waals surface area contributed by atoms with E-state index in [0.29, 0.717) is 12.2 Å². The molecule has 1 fully saturated rings. The second kappa shape index (κ2) is 6.05. The third-order valence-electron chi connectivity index (χ3n) is 3.63. The van der Waals surface area contributed by atoms with Crippen LogP contribution in [0.2, 0.25) is 0 Å². The lowest BCUT2D eigenvalue weighted by molar-refractivity contribution is -0.137. The number of hydrogen-bond donors (Lipinski definition) is 1. The maximum Gasteiger partial charge on any atom is 0.416 e. The Labute approximate surface area is 125 Å². The van der Waals surface area contributed by atoms with Gasteiger partial charge in [0, 0.05) is 32.7 Å². The van der Waals surface area contributed by atoms with Crippen LogP contribution in [0.1, 0.15) is 11.3 Å². The highest BCUT2D eigenvalue weighted by Gasteiger charge is 2.30. The Hall–Kier alpha value is -1.93. The van der Waals surface area contributed by atoms with Crippen LogP contribution < -0.4 is 5.32 Å². The molecule has 0 radical (unpaired) electrons. The predicted molar refractivity (Wildman–Crippen MR) is 74.5 cm³/mol. The number of benzene rings is 1. The van der Waals surface area contributed by atoms with Crippen LogP contribution in [0.4, 0.5) is 13.2 Å². The van der Waals surface area contributed by atoms with Crippen molar-refractivity contribution in [2.24, 2.45) is 0 Å². The average molecular weight is 311 g/mol. The molecule has 1 aromatic carbocycles. The summed E-state index contributed by atoms with van der Waals surface area (Å²) in [6.07, 6.45) is -2.77. The van der Waals surface area contributed by atoms with E-state index in [0.717, 1.165) is 44.0 Å². The highest BCUT2D eigenvalue weighted by atomic mass is 19.4. The van der Waals surface area contributed by atoms with Crippen molar-refractivity contribution in [2.75, 3.05) is 26.2 Å². The molecule has 1 aliphatic rings. The van der Waals surface area contributed by atoms with Crippen LogP contribution in [-0.4, -0.2) is 46.1 Å². The van der Waals surface area contributed by atoms with Gasteiger partial charge in [0.15, 0.2) is 0 Å². The minimum atomic E-state index is -4.37. The summed E-state index contributed by atoms with van der Waals surface area (Å²) in [5.74, 6) is 0. The van der Waals surface area contributed by atoms with Crippen LogP contribution in [0.25, 0.3) is 5.69 Å². The first-order valence-electron chi connectivity index (χ1n) is 7.04. The molecule has 5 nitrogen and oxygen atoms in total. The van der Waals surface area contributed by atoms with Crippen molar-refractivity contribution >= 4 is 0 Å². The van der Waals surface area contributed by atoms with Gasteiger partial charge >= 0.3 is 6.18 Å². The fourth-order valence-corrected chi connectivity index (χ4v) is 2.49. The van der Waals surface area contributed by atoms with Crippen LogP contribution in [0, 0.1) is 0 Å². The van der Waals surface area contributed by atoms with E-state index in [1.165, 1.54) is 10.7 Å². The summed E-state index contributed by atoms with van der Waals surface area (Å²) in [4.78, 5) is 2.22. The first-order chi connectivity index (χ1) is 10.5. The Morgan fingerprint density at radius 3 is 2.68 bits per heavy atom. The van der Waals surface area contributed by atoms with Crippen LogP contribution in [0.15, 0.2) is 30.5 Å². The summed E-state index contributed by atoms with van der Waals surface area (Å²) in [6.45, 7) is 4.22. The summed E-state index contributed by atoms with van der Waals surface area (Å²) in [6, 6.07) is 5.13. The number of aromatic nitrogens is 3. The molecule has 0 atom stereocenters. The van der Waals surface area contributed by atoms with Gasteiger partial charge in [-0.1, -0.05) is 11.3 Å². The summed E-state index contributed by atoms with van der Waals surface area (Å²) in [5, 5.41) is 11.0. The monoisotopic (exact) mass is 311 g/mol. The van der Waals surface area contributed by atoms with Crippen molar-refractivity contribution in [3.8, 4) is 5.69 Å². The first-order valence-corrected chi connectivity index (χ1v) is 7.04. The van der Waals surface area contributed by atoms with Crippen molar-refractivity contribution in [1.82, 2.24) is 25.2 Å². The second-order valence-corrected chi connectivity index (χ2v) is 5.21. The number of piperazine rings is 1. The standard InChI is InChI=1S/C14H16F3N5/c15-14(16,17)11-2-1-3-12(8-11)22-13(9-19-20-22)10-21-6-4-18-5-7-21/h1-3,8-9,18H,4-7,10H2. The fourth-order valence-electron chi connectivity index (χ4n) is 2.49. The van der Waals surface area contributed by atoms with Gasteiger partial charge in [0.05, 0.1) is 23.1 Å². The molecular formula is C14H16F3N5. The van der Waals surface area contributed by atoms with Crippen LogP contribution in [-0.2, 0) is 12.7 Å². The molecule has 1 aliphatic heterocycles. The topological polar surface area (TPSA) is 46.0 Å². The van der Waals surface area contributed by atoms with Crippen molar-refractivity contribution in [1.29, 1.82) is 0 Å². The highest BCUT2D eigenvalue weighted by molar-refractivity contribution is 5.37. The van der Waals surface area contributed by atoms with Crippen molar-refractivity contribution in [3.63, 3.8) is 0 Å². The quantitative estimate of drug-likeness (QED) is 0.937. The predicted octanol–water partition coefficient (Wildman–Crippen LogP) is 1.69. The number of rotatable bonds is 3. The molecule has 118 valence electrons. The van der Waals surface area contributed by atoms with E-state index >= 15 is 0 Å². The van der Waals surface area contributed by atoms with E-state index in [9.17, 15) is 13.2 Å². The zero-order valence-corrected chi connectivity index (χ0v) is 11.8.